The number of ether oxygens (including phenoxy) is 1. The minimum Gasteiger partial charge on any atom is -0.481 e. The third-order valence-electron chi connectivity index (χ3n) is 3.71. The van der Waals surface area contributed by atoms with Gasteiger partial charge < -0.3 is 20.1 Å². The molecule has 1 aliphatic heterocycles. The molecule has 9 heteroatoms. The van der Waals surface area contributed by atoms with Gasteiger partial charge in [-0.2, -0.15) is 0 Å². The summed E-state index contributed by atoms with van der Waals surface area (Å²) in [5, 5.41) is 14.2. The Hall–Kier alpha value is -2.16. The molecule has 24 heavy (non-hydrogen) atoms. The Balaban J connectivity index is 1.76. The van der Waals surface area contributed by atoms with Gasteiger partial charge in [0, 0.05) is 31.4 Å². The molecule has 0 bridgehead atoms. The van der Waals surface area contributed by atoms with Crippen molar-refractivity contribution in [3.8, 4) is 0 Å². The van der Waals surface area contributed by atoms with Gasteiger partial charge in [0.15, 0.2) is 5.69 Å². The van der Waals surface area contributed by atoms with Crippen LogP contribution in [0.5, 0.6) is 0 Å². The second kappa shape index (κ2) is 8.62. The largest absolute Gasteiger partial charge is 0.481 e. The summed E-state index contributed by atoms with van der Waals surface area (Å²) in [6.45, 7) is 3.22. The molecule has 2 heterocycles. The van der Waals surface area contributed by atoms with Crippen molar-refractivity contribution in [1.29, 1.82) is 0 Å². The Labute approximate surface area is 143 Å². The first-order valence-electron chi connectivity index (χ1n) is 7.88. The first kappa shape index (κ1) is 18.2. The maximum Gasteiger partial charge on any atom is 0.357 e. The molecule has 1 atom stereocenters. The van der Waals surface area contributed by atoms with E-state index in [1.54, 1.807) is 12.3 Å². The summed E-state index contributed by atoms with van der Waals surface area (Å²) < 4.78 is 4.87. The van der Waals surface area contributed by atoms with Gasteiger partial charge in [-0.1, -0.05) is 0 Å². The molecule has 0 aliphatic carbocycles. The van der Waals surface area contributed by atoms with Crippen LogP contribution in [0, 0.1) is 5.92 Å². The normalized spacial score (nSPS) is 17.4. The number of urea groups is 1. The van der Waals surface area contributed by atoms with Crippen molar-refractivity contribution in [3.05, 3.63) is 16.1 Å². The molecule has 0 radical (unpaired) electrons. The van der Waals surface area contributed by atoms with E-state index in [4.69, 9.17) is 9.84 Å². The number of aliphatic carboxylic acids is 1. The van der Waals surface area contributed by atoms with Crippen LogP contribution in [0.1, 0.15) is 35.3 Å². The molecule has 1 saturated heterocycles. The lowest BCUT2D eigenvalue weighted by Gasteiger charge is -2.30. The Kier molecular flexibility index (Phi) is 6.53. The highest BCUT2D eigenvalue weighted by molar-refractivity contribution is 7.09. The summed E-state index contributed by atoms with van der Waals surface area (Å²) in [4.78, 5) is 40.3. The van der Waals surface area contributed by atoms with Crippen molar-refractivity contribution >= 4 is 29.3 Å². The summed E-state index contributed by atoms with van der Waals surface area (Å²) in [6.07, 6.45) is 1.81. The van der Waals surface area contributed by atoms with E-state index in [0.717, 1.165) is 5.01 Å². The molecular formula is C15H21N3O5S. The van der Waals surface area contributed by atoms with Crippen LogP contribution in [0.3, 0.4) is 0 Å². The van der Waals surface area contributed by atoms with Crippen LogP contribution in [-0.2, 0) is 16.0 Å². The fourth-order valence-corrected chi connectivity index (χ4v) is 3.24. The number of amides is 2. The third-order valence-corrected chi connectivity index (χ3v) is 4.62. The topological polar surface area (TPSA) is 109 Å². The lowest BCUT2D eigenvalue weighted by atomic mass is 9.99. The number of carbonyl (C=O) groups is 3. The molecule has 132 valence electrons. The van der Waals surface area contributed by atoms with Crippen LogP contribution in [0.25, 0.3) is 0 Å². The van der Waals surface area contributed by atoms with E-state index in [1.807, 2.05) is 0 Å². The summed E-state index contributed by atoms with van der Waals surface area (Å²) in [5.41, 5.74) is 0.281. The number of carboxylic acid groups (broad SMARTS) is 1. The van der Waals surface area contributed by atoms with Crippen LogP contribution >= 0.6 is 11.3 Å². The number of rotatable bonds is 6. The summed E-state index contributed by atoms with van der Waals surface area (Å²) in [6, 6.07) is -0.261. The van der Waals surface area contributed by atoms with E-state index in [1.165, 1.54) is 16.2 Å². The highest BCUT2D eigenvalue weighted by Crippen LogP contribution is 2.16. The zero-order valence-corrected chi connectivity index (χ0v) is 14.3. The summed E-state index contributed by atoms with van der Waals surface area (Å²) in [5.74, 6) is -1.80. The zero-order valence-electron chi connectivity index (χ0n) is 13.5. The van der Waals surface area contributed by atoms with Gasteiger partial charge in [-0.15, -0.1) is 11.3 Å². The maximum absolute atomic E-state index is 12.1. The highest BCUT2D eigenvalue weighted by Gasteiger charge is 2.27. The predicted octanol–water partition coefficient (Wildman–Crippen LogP) is 1.37. The Bertz CT molecular complexity index is 604. The second-order valence-electron chi connectivity index (χ2n) is 5.45. The van der Waals surface area contributed by atoms with Crippen LogP contribution in [0.4, 0.5) is 4.79 Å². The number of hydrogen-bond acceptors (Lipinski definition) is 6. The number of piperidine rings is 1. The number of likely N-dealkylation sites (tertiary alicyclic amines) is 1. The quantitative estimate of drug-likeness (QED) is 0.746. The Morgan fingerprint density at radius 3 is 3.00 bits per heavy atom. The van der Waals surface area contributed by atoms with E-state index in [-0.39, 0.29) is 18.3 Å². The Morgan fingerprint density at radius 2 is 2.29 bits per heavy atom. The minimum absolute atomic E-state index is 0.241. The number of nitrogens with one attached hydrogen (secondary N) is 1. The fraction of sp³-hybridized carbons (Fsp3) is 0.600. The average molecular weight is 355 g/mol. The van der Waals surface area contributed by atoms with Crippen LogP contribution in [-0.4, -0.2) is 59.2 Å². The van der Waals surface area contributed by atoms with Gasteiger partial charge in [-0.05, 0) is 19.8 Å². The number of nitrogens with zero attached hydrogens (tertiary/aromatic N) is 2. The fourth-order valence-electron chi connectivity index (χ4n) is 2.48. The summed E-state index contributed by atoms with van der Waals surface area (Å²) in [7, 11) is 0. The SMILES string of the molecule is CCOC(=O)c1csc(CCNC(=O)N2CCCC(C(=O)O)C2)n1. The van der Waals surface area contributed by atoms with E-state index in [9.17, 15) is 14.4 Å². The zero-order chi connectivity index (χ0) is 17.5. The van der Waals surface area contributed by atoms with Crippen molar-refractivity contribution in [2.24, 2.45) is 5.92 Å². The van der Waals surface area contributed by atoms with Crippen molar-refractivity contribution in [2.75, 3.05) is 26.2 Å². The lowest BCUT2D eigenvalue weighted by Crippen LogP contribution is -2.47. The van der Waals surface area contributed by atoms with E-state index in [0.29, 0.717) is 39.0 Å². The molecule has 0 aromatic carbocycles. The van der Waals surface area contributed by atoms with Crippen molar-refractivity contribution in [3.63, 3.8) is 0 Å². The van der Waals surface area contributed by atoms with Crippen LogP contribution < -0.4 is 5.32 Å². The minimum atomic E-state index is -0.859. The van der Waals surface area contributed by atoms with Gasteiger partial charge >= 0.3 is 18.0 Å². The number of esters is 1. The first-order valence-corrected chi connectivity index (χ1v) is 8.76. The van der Waals surface area contributed by atoms with Crippen LogP contribution in [0.15, 0.2) is 5.38 Å². The molecule has 0 saturated carbocycles. The monoisotopic (exact) mass is 355 g/mol. The molecule has 2 N–H and O–H groups in total. The van der Waals surface area contributed by atoms with Gasteiger partial charge in [-0.25, -0.2) is 14.6 Å². The highest BCUT2D eigenvalue weighted by atomic mass is 32.1. The molecule has 1 unspecified atom stereocenters. The Morgan fingerprint density at radius 1 is 1.50 bits per heavy atom. The average Bonchev–Trinajstić information content (AvgIpc) is 3.04. The van der Waals surface area contributed by atoms with Gasteiger partial charge in [-0.3, -0.25) is 4.79 Å². The molecular weight excluding hydrogens is 334 g/mol. The molecule has 2 rings (SSSR count). The van der Waals surface area contributed by atoms with E-state index in [2.05, 4.69) is 10.3 Å². The molecule has 8 nitrogen and oxygen atoms in total. The van der Waals surface area contributed by atoms with Crippen molar-refractivity contribution < 1.29 is 24.2 Å². The first-order chi connectivity index (χ1) is 11.5. The molecule has 2 amide bonds. The second-order valence-corrected chi connectivity index (χ2v) is 6.39. The van der Waals surface area contributed by atoms with Gasteiger partial charge in [0.1, 0.15) is 0 Å². The maximum atomic E-state index is 12.1. The molecule has 0 spiro atoms. The van der Waals surface area contributed by atoms with Crippen LogP contribution in [0.2, 0.25) is 0 Å². The van der Waals surface area contributed by atoms with E-state index < -0.39 is 17.9 Å². The number of carboxylic acids is 1. The van der Waals surface area contributed by atoms with Gasteiger partial charge in [0.25, 0.3) is 0 Å². The van der Waals surface area contributed by atoms with Crippen molar-refractivity contribution in [1.82, 2.24) is 15.2 Å². The molecule has 1 aliphatic rings. The third kappa shape index (κ3) is 4.92. The van der Waals surface area contributed by atoms with E-state index >= 15 is 0 Å². The smallest absolute Gasteiger partial charge is 0.357 e. The number of hydrogen-bond donors (Lipinski definition) is 2. The molecule has 1 aromatic rings. The van der Waals surface area contributed by atoms with Gasteiger partial charge in [0.05, 0.1) is 17.5 Å². The standard InChI is InChI=1S/C15H21N3O5S/c1-2-23-14(21)11-9-24-12(17-11)5-6-16-15(22)18-7-3-4-10(8-18)13(19)20/h9-10H,2-8H2,1H3,(H,16,22)(H,19,20). The van der Waals surface area contributed by atoms with Gasteiger partial charge in [0.2, 0.25) is 0 Å². The summed E-state index contributed by atoms with van der Waals surface area (Å²) >= 11 is 1.34. The number of thiazole rings is 1. The predicted molar refractivity (Wildman–Crippen MR) is 87.1 cm³/mol. The molecule has 1 fully saturated rings. The number of carbonyl (C=O) groups excluding carboxylic acids is 2. The lowest BCUT2D eigenvalue weighted by molar-refractivity contribution is -0.143. The van der Waals surface area contributed by atoms with Crippen molar-refractivity contribution in [2.45, 2.75) is 26.2 Å². The number of aromatic nitrogens is 1. The molecule has 1 aromatic heterocycles.